The van der Waals surface area contributed by atoms with Crippen molar-refractivity contribution in [1.29, 1.82) is 0 Å². The van der Waals surface area contributed by atoms with Crippen LogP contribution in [0, 0.1) is 0 Å². The molecule has 0 bridgehead atoms. The van der Waals surface area contributed by atoms with Crippen LogP contribution in [0.5, 0.6) is 0 Å². The summed E-state index contributed by atoms with van der Waals surface area (Å²) in [6, 6.07) is 50.1. The van der Waals surface area contributed by atoms with Gasteiger partial charge >= 0.3 is 0 Å². The Morgan fingerprint density at radius 1 is 0.419 bits per heavy atom. The van der Waals surface area contributed by atoms with Gasteiger partial charge in [-0.25, -0.2) is 0 Å². The summed E-state index contributed by atoms with van der Waals surface area (Å²) < 4.78 is 9.09. The van der Waals surface area contributed by atoms with Gasteiger partial charge in [-0.05, 0) is 47.5 Å². The summed E-state index contributed by atoms with van der Waals surface area (Å²) in [6.07, 6.45) is 0. The molecule has 0 saturated carbocycles. The van der Waals surface area contributed by atoms with Crippen LogP contribution in [0.3, 0.4) is 0 Å². The number of furan rings is 1. The lowest BCUT2D eigenvalue weighted by atomic mass is 10.0. The molecular weight excluding hydrogens is 524 g/mol. The third-order valence-electron chi connectivity index (χ3n) is 9.10. The van der Waals surface area contributed by atoms with Crippen molar-refractivity contribution in [3.63, 3.8) is 0 Å². The van der Waals surface area contributed by atoms with E-state index in [1.54, 1.807) is 0 Å². The quantitative estimate of drug-likeness (QED) is 0.229. The highest BCUT2D eigenvalue weighted by atomic mass is 16.3. The van der Waals surface area contributed by atoms with Crippen molar-refractivity contribution in [3.05, 3.63) is 140 Å². The Morgan fingerprint density at radius 2 is 1.14 bits per heavy atom. The molecule has 0 unspecified atom stereocenters. The minimum atomic E-state index is 0.895. The minimum Gasteiger partial charge on any atom is -0.455 e. The first kappa shape index (κ1) is 22.8. The molecule has 1 N–H and O–H groups in total. The standard InChI is InChI=1S/C40H24N2O/c1-2-10-24(11-3-1)25-18-19-37-31(20-25)28-14-7-9-17-36(28)42(37)38-22-33-32-21-30-26-12-6-8-16-34(26)41-35(30)23-39(32)43-40(33)29-15-5-4-13-27(29)38/h1-23,41H. The summed E-state index contributed by atoms with van der Waals surface area (Å²) >= 11 is 0. The number of H-pyrrole nitrogens is 1. The smallest absolute Gasteiger partial charge is 0.143 e. The Hall–Kier alpha value is -5.80. The number of para-hydroxylation sites is 2. The van der Waals surface area contributed by atoms with Crippen LogP contribution in [0.1, 0.15) is 0 Å². The van der Waals surface area contributed by atoms with Crippen molar-refractivity contribution in [3.8, 4) is 16.8 Å². The molecule has 10 rings (SSSR count). The molecule has 3 nitrogen and oxygen atoms in total. The van der Waals surface area contributed by atoms with Gasteiger partial charge in [0.1, 0.15) is 11.2 Å². The topological polar surface area (TPSA) is 33.9 Å². The third kappa shape index (κ3) is 3.14. The Kier molecular flexibility index (Phi) is 4.45. The Morgan fingerprint density at radius 3 is 2.02 bits per heavy atom. The fourth-order valence-electron chi connectivity index (χ4n) is 7.15. The van der Waals surface area contributed by atoms with Crippen LogP contribution in [-0.4, -0.2) is 9.55 Å². The fourth-order valence-corrected chi connectivity index (χ4v) is 7.15. The molecule has 0 aliphatic carbocycles. The monoisotopic (exact) mass is 548 g/mol. The van der Waals surface area contributed by atoms with Gasteiger partial charge in [-0.2, -0.15) is 0 Å². The van der Waals surface area contributed by atoms with Crippen molar-refractivity contribution in [2.24, 2.45) is 0 Å². The Balaban J connectivity index is 1.33. The maximum atomic E-state index is 6.65. The highest BCUT2D eigenvalue weighted by Crippen LogP contribution is 2.42. The van der Waals surface area contributed by atoms with Crippen LogP contribution < -0.4 is 0 Å². The minimum absolute atomic E-state index is 0.895. The molecule has 0 fully saturated rings. The van der Waals surface area contributed by atoms with E-state index in [0.29, 0.717) is 0 Å². The number of hydrogen-bond donors (Lipinski definition) is 1. The molecule has 0 aliphatic rings. The van der Waals surface area contributed by atoms with E-state index < -0.39 is 0 Å². The normalized spacial score (nSPS) is 12.2. The second-order valence-electron chi connectivity index (χ2n) is 11.4. The van der Waals surface area contributed by atoms with E-state index in [9.17, 15) is 0 Å². The van der Waals surface area contributed by atoms with Crippen molar-refractivity contribution in [1.82, 2.24) is 9.55 Å². The van der Waals surface area contributed by atoms with Gasteiger partial charge in [-0.15, -0.1) is 0 Å². The highest BCUT2D eigenvalue weighted by molar-refractivity contribution is 6.22. The second kappa shape index (κ2) is 8.37. The average molecular weight is 549 g/mol. The number of aromatic nitrogens is 2. The molecular formula is C40H24N2O. The van der Waals surface area contributed by atoms with Gasteiger partial charge in [-0.3, -0.25) is 0 Å². The van der Waals surface area contributed by atoms with Gasteiger partial charge < -0.3 is 14.0 Å². The number of nitrogens with one attached hydrogen (secondary N) is 1. The Labute approximate surface area is 246 Å². The van der Waals surface area contributed by atoms with Gasteiger partial charge in [0.15, 0.2) is 0 Å². The predicted molar refractivity (Wildman–Crippen MR) is 180 cm³/mol. The molecule has 43 heavy (non-hydrogen) atoms. The summed E-state index contributed by atoms with van der Waals surface area (Å²) in [5.41, 5.74) is 10.0. The number of nitrogens with zero attached hydrogens (tertiary/aromatic N) is 1. The summed E-state index contributed by atoms with van der Waals surface area (Å²) in [6.45, 7) is 0. The van der Waals surface area contributed by atoms with Gasteiger partial charge in [0, 0.05) is 54.7 Å². The maximum absolute atomic E-state index is 6.65. The molecule has 10 aromatic rings. The van der Waals surface area contributed by atoms with Gasteiger partial charge in [0.05, 0.1) is 22.2 Å². The predicted octanol–water partition coefficient (Wildman–Crippen LogP) is 11.1. The molecule has 7 aromatic carbocycles. The first-order chi connectivity index (χ1) is 21.3. The summed E-state index contributed by atoms with van der Waals surface area (Å²) in [5.74, 6) is 0. The summed E-state index contributed by atoms with van der Waals surface area (Å²) in [4.78, 5) is 3.58. The zero-order valence-corrected chi connectivity index (χ0v) is 23.1. The van der Waals surface area contributed by atoms with E-state index in [1.807, 2.05) is 0 Å². The summed E-state index contributed by atoms with van der Waals surface area (Å²) in [7, 11) is 0. The number of hydrogen-bond acceptors (Lipinski definition) is 1. The summed E-state index contributed by atoms with van der Waals surface area (Å²) in [5, 5.41) is 9.48. The van der Waals surface area contributed by atoms with Gasteiger partial charge in [-0.1, -0.05) is 97.1 Å². The van der Waals surface area contributed by atoms with E-state index in [-0.39, 0.29) is 0 Å². The van der Waals surface area contributed by atoms with Crippen LogP contribution in [0.2, 0.25) is 0 Å². The van der Waals surface area contributed by atoms with Gasteiger partial charge in [0.2, 0.25) is 0 Å². The van der Waals surface area contributed by atoms with Crippen molar-refractivity contribution in [2.75, 3.05) is 0 Å². The van der Waals surface area contributed by atoms with E-state index in [2.05, 4.69) is 149 Å². The van der Waals surface area contributed by atoms with Crippen LogP contribution in [-0.2, 0) is 0 Å². The van der Waals surface area contributed by atoms with E-state index >= 15 is 0 Å². The van der Waals surface area contributed by atoms with E-state index in [4.69, 9.17) is 4.42 Å². The van der Waals surface area contributed by atoms with Crippen molar-refractivity contribution >= 4 is 76.3 Å². The molecule has 3 heteroatoms. The molecule has 3 heterocycles. The number of aromatic amines is 1. The maximum Gasteiger partial charge on any atom is 0.143 e. The zero-order valence-electron chi connectivity index (χ0n) is 23.1. The number of rotatable bonds is 2. The molecule has 0 spiro atoms. The van der Waals surface area contributed by atoms with Crippen LogP contribution in [0.4, 0.5) is 0 Å². The van der Waals surface area contributed by atoms with Crippen molar-refractivity contribution in [2.45, 2.75) is 0 Å². The fraction of sp³-hybridized carbons (Fsp3) is 0. The van der Waals surface area contributed by atoms with Crippen molar-refractivity contribution < 1.29 is 4.42 Å². The zero-order chi connectivity index (χ0) is 28.1. The molecule has 0 amide bonds. The Bertz CT molecular complexity index is 2720. The number of fused-ring (bicyclic) bond motifs is 11. The van der Waals surface area contributed by atoms with Gasteiger partial charge in [0.25, 0.3) is 0 Å². The largest absolute Gasteiger partial charge is 0.455 e. The molecule has 3 aromatic heterocycles. The lowest BCUT2D eigenvalue weighted by molar-refractivity contribution is 0.673. The van der Waals surface area contributed by atoms with Crippen LogP contribution in [0.15, 0.2) is 144 Å². The van der Waals surface area contributed by atoms with Crippen LogP contribution >= 0.6 is 0 Å². The van der Waals surface area contributed by atoms with E-state index in [0.717, 1.165) is 44.0 Å². The average Bonchev–Trinajstić information content (AvgIpc) is 3.72. The third-order valence-corrected chi connectivity index (χ3v) is 9.10. The molecule has 0 atom stereocenters. The van der Waals surface area contributed by atoms with Crippen LogP contribution in [0.25, 0.3) is 93.1 Å². The van der Waals surface area contributed by atoms with E-state index in [1.165, 1.54) is 49.1 Å². The molecule has 0 radical (unpaired) electrons. The second-order valence-corrected chi connectivity index (χ2v) is 11.4. The SMILES string of the molecule is c1ccc(-c2ccc3c(c2)c2ccccc2n3-c2cc3c4cc5c(cc4oc3c3ccccc23)[nH]c2ccccc25)cc1. The molecule has 200 valence electrons. The number of benzene rings is 7. The lowest BCUT2D eigenvalue weighted by Gasteiger charge is -2.13. The molecule has 0 saturated heterocycles. The first-order valence-corrected chi connectivity index (χ1v) is 14.7. The molecule has 0 aliphatic heterocycles. The lowest BCUT2D eigenvalue weighted by Crippen LogP contribution is -1.95. The highest BCUT2D eigenvalue weighted by Gasteiger charge is 2.20. The first-order valence-electron chi connectivity index (χ1n) is 14.7.